The van der Waals surface area contributed by atoms with Crippen molar-refractivity contribution in [2.24, 2.45) is 5.73 Å². The number of hydrogen-bond donors (Lipinski definition) is 3. The van der Waals surface area contributed by atoms with Crippen LogP contribution in [0.4, 0.5) is 0 Å². The van der Waals surface area contributed by atoms with Crippen LogP contribution in [0.1, 0.15) is 6.92 Å². The van der Waals surface area contributed by atoms with Crippen LogP contribution in [0, 0.1) is 0 Å². The lowest BCUT2D eigenvalue weighted by atomic mass is 10.1. The molecular weight excluding hydrogens is 160 g/mol. The molecule has 0 spiro atoms. The van der Waals surface area contributed by atoms with E-state index in [4.69, 9.17) is 10.8 Å². The van der Waals surface area contributed by atoms with Crippen LogP contribution in [-0.2, 0) is 4.79 Å². The van der Waals surface area contributed by atoms with E-state index in [2.05, 4.69) is 0 Å². The van der Waals surface area contributed by atoms with Crippen LogP contribution in [0.25, 0.3) is 0 Å². The Kier molecular flexibility index (Phi) is 4.16. The van der Waals surface area contributed by atoms with Gasteiger partial charge in [-0.15, -0.1) is 0 Å². The number of carbonyl (C=O) groups is 1. The lowest BCUT2D eigenvalue weighted by Gasteiger charge is -2.24. The molecular formula is C7H16N2O3. The summed E-state index contributed by atoms with van der Waals surface area (Å²) in [5.41, 5.74) is 3.56. The number of rotatable bonds is 5. The molecule has 0 saturated carbocycles. The van der Waals surface area contributed by atoms with Gasteiger partial charge in [0.2, 0.25) is 0 Å². The standard InChI is InChI=1S/C7H16N2O3/c1-7(12,6(10)11)5-9(2)4-3-8/h12H,3-5,8H2,1-2H3,(H,10,11). The molecule has 5 nitrogen and oxygen atoms in total. The maximum atomic E-state index is 10.5. The first kappa shape index (κ1) is 11.4. The third kappa shape index (κ3) is 3.66. The van der Waals surface area contributed by atoms with Gasteiger partial charge in [-0.1, -0.05) is 0 Å². The maximum Gasteiger partial charge on any atom is 0.336 e. The topological polar surface area (TPSA) is 86.8 Å². The van der Waals surface area contributed by atoms with E-state index in [0.717, 1.165) is 0 Å². The molecule has 5 heteroatoms. The van der Waals surface area contributed by atoms with E-state index in [-0.39, 0.29) is 6.54 Å². The molecule has 0 aromatic carbocycles. The molecule has 0 radical (unpaired) electrons. The number of aliphatic hydroxyl groups is 1. The van der Waals surface area contributed by atoms with Gasteiger partial charge in [0, 0.05) is 19.6 Å². The van der Waals surface area contributed by atoms with Gasteiger partial charge >= 0.3 is 5.97 Å². The molecule has 0 aromatic rings. The van der Waals surface area contributed by atoms with E-state index < -0.39 is 11.6 Å². The minimum absolute atomic E-state index is 0.0829. The van der Waals surface area contributed by atoms with Gasteiger partial charge in [0.15, 0.2) is 5.60 Å². The summed E-state index contributed by atoms with van der Waals surface area (Å²) in [7, 11) is 1.71. The van der Waals surface area contributed by atoms with Crippen LogP contribution < -0.4 is 5.73 Å². The quantitative estimate of drug-likeness (QED) is 0.485. The van der Waals surface area contributed by atoms with Crippen LogP contribution in [0.3, 0.4) is 0 Å². The molecule has 0 heterocycles. The number of carboxylic acids is 1. The zero-order valence-electron chi connectivity index (χ0n) is 7.45. The molecule has 0 aliphatic heterocycles. The first-order valence-electron chi connectivity index (χ1n) is 3.74. The lowest BCUT2D eigenvalue weighted by molar-refractivity contribution is -0.158. The van der Waals surface area contributed by atoms with Gasteiger partial charge in [-0.25, -0.2) is 4.79 Å². The zero-order valence-corrected chi connectivity index (χ0v) is 7.45. The van der Waals surface area contributed by atoms with Gasteiger partial charge in [-0.05, 0) is 14.0 Å². The second-order valence-electron chi connectivity index (χ2n) is 3.11. The third-order valence-corrected chi connectivity index (χ3v) is 1.55. The first-order valence-corrected chi connectivity index (χ1v) is 3.74. The summed E-state index contributed by atoms with van der Waals surface area (Å²) in [6.07, 6.45) is 0. The van der Waals surface area contributed by atoms with E-state index in [1.807, 2.05) is 0 Å². The van der Waals surface area contributed by atoms with Gasteiger partial charge in [-0.3, -0.25) is 0 Å². The molecule has 4 N–H and O–H groups in total. The fourth-order valence-corrected chi connectivity index (χ4v) is 0.893. The molecule has 1 atom stereocenters. The van der Waals surface area contributed by atoms with E-state index in [1.54, 1.807) is 11.9 Å². The number of nitrogens with zero attached hydrogens (tertiary/aromatic N) is 1. The summed E-state index contributed by atoms with van der Waals surface area (Å²) >= 11 is 0. The summed E-state index contributed by atoms with van der Waals surface area (Å²) in [6, 6.07) is 0. The van der Waals surface area contributed by atoms with E-state index >= 15 is 0 Å². The maximum absolute atomic E-state index is 10.5. The van der Waals surface area contributed by atoms with Crippen LogP contribution in [0.2, 0.25) is 0 Å². The van der Waals surface area contributed by atoms with Crippen molar-refractivity contribution in [2.75, 3.05) is 26.7 Å². The van der Waals surface area contributed by atoms with E-state index in [0.29, 0.717) is 13.1 Å². The van der Waals surface area contributed by atoms with E-state index in [1.165, 1.54) is 6.92 Å². The van der Waals surface area contributed by atoms with Crippen molar-refractivity contribution in [1.82, 2.24) is 4.90 Å². The van der Waals surface area contributed by atoms with Gasteiger partial charge in [-0.2, -0.15) is 0 Å². The average Bonchev–Trinajstić information content (AvgIpc) is 1.85. The highest BCUT2D eigenvalue weighted by atomic mass is 16.4. The van der Waals surface area contributed by atoms with Crippen molar-refractivity contribution < 1.29 is 15.0 Å². The summed E-state index contributed by atoms with van der Waals surface area (Å²) < 4.78 is 0. The molecule has 0 saturated heterocycles. The molecule has 0 bridgehead atoms. The van der Waals surface area contributed by atoms with Gasteiger partial charge in [0.25, 0.3) is 0 Å². The summed E-state index contributed by atoms with van der Waals surface area (Å²) in [5, 5.41) is 17.9. The van der Waals surface area contributed by atoms with Crippen molar-refractivity contribution in [1.29, 1.82) is 0 Å². The Bertz CT molecular complexity index is 159. The normalized spacial score (nSPS) is 16.1. The average molecular weight is 176 g/mol. The Morgan fingerprint density at radius 3 is 2.50 bits per heavy atom. The van der Waals surface area contributed by atoms with Crippen LogP contribution >= 0.6 is 0 Å². The Balaban J connectivity index is 3.96. The van der Waals surface area contributed by atoms with Gasteiger partial charge in [0.1, 0.15) is 0 Å². The predicted molar refractivity (Wildman–Crippen MR) is 44.8 cm³/mol. The fourth-order valence-electron chi connectivity index (χ4n) is 0.893. The Labute approximate surface area is 71.8 Å². The van der Waals surface area contributed by atoms with Crippen molar-refractivity contribution in [2.45, 2.75) is 12.5 Å². The molecule has 0 amide bonds. The summed E-state index contributed by atoms with van der Waals surface area (Å²) in [6.45, 7) is 2.37. The fraction of sp³-hybridized carbons (Fsp3) is 0.857. The third-order valence-electron chi connectivity index (χ3n) is 1.55. The monoisotopic (exact) mass is 176 g/mol. The second-order valence-corrected chi connectivity index (χ2v) is 3.11. The number of nitrogens with two attached hydrogens (primary N) is 1. The second kappa shape index (κ2) is 4.39. The molecule has 0 fully saturated rings. The van der Waals surface area contributed by atoms with Crippen LogP contribution in [0.15, 0.2) is 0 Å². The van der Waals surface area contributed by atoms with Crippen molar-refractivity contribution in [3.63, 3.8) is 0 Å². The smallest absolute Gasteiger partial charge is 0.336 e. The molecule has 1 unspecified atom stereocenters. The number of carboxylic acid groups (broad SMARTS) is 1. The Morgan fingerprint density at radius 1 is 1.67 bits per heavy atom. The van der Waals surface area contributed by atoms with Crippen molar-refractivity contribution >= 4 is 5.97 Å². The molecule has 0 aliphatic rings. The Hall–Kier alpha value is -0.650. The predicted octanol–water partition coefficient (Wildman–Crippen LogP) is -1.29. The van der Waals surface area contributed by atoms with E-state index in [9.17, 15) is 9.90 Å². The SMILES string of the molecule is CN(CCN)CC(C)(O)C(=O)O. The van der Waals surface area contributed by atoms with Crippen LogP contribution in [-0.4, -0.2) is 53.4 Å². The molecule has 72 valence electrons. The molecule has 12 heavy (non-hydrogen) atoms. The van der Waals surface area contributed by atoms with Gasteiger partial charge in [0.05, 0.1) is 0 Å². The lowest BCUT2D eigenvalue weighted by Crippen LogP contribution is -2.46. The zero-order chi connectivity index (χ0) is 9.78. The highest BCUT2D eigenvalue weighted by molar-refractivity contribution is 5.76. The highest BCUT2D eigenvalue weighted by Gasteiger charge is 2.30. The summed E-state index contributed by atoms with van der Waals surface area (Å²) in [4.78, 5) is 12.1. The summed E-state index contributed by atoms with van der Waals surface area (Å²) in [5.74, 6) is -1.22. The first-order chi connectivity index (χ1) is 5.40. The minimum Gasteiger partial charge on any atom is -0.479 e. The highest BCUT2D eigenvalue weighted by Crippen LogP contribution is 2.04. The number of hydrogen-bond acceptors (Lipinski definition) is 4. The van der Waals surface area contributed by atoms with Crippen molar-refractivity contribution in [3.05, 3.63) is 0 Å². The largest absolute Gasteiger partial charge is 0.479 e. The van der Waals surface area contributed by atoms with Gasteiger partial charge < -0.3 is 20.8 Å². The Morgan fingerprint density at radius 2 is 2.17 bits per heavy atom. The van der Waals surface area contributed by atoms with Crippen LogP contribution in [0.5, 0.6) is 0 Å². The number of aliphatic carboxylic acids is 1. The molecule has 0 aromatic heterocycles. The van der Waals surface area contributed by atoms with Crippen molar-refractivity contribution in [3.8, 4) is 0 Å². The minimum atomic E-state index is -1.69. The number of likely N-dealkylation sites (N-methyl/N-ethyl adjacent to an activating group) is 1. The molecule has 0 aliphatic carbocycles. The molecule has 0 rings (SSSR count).